The van der Waals surface area contributed by atoms with Crippen molar-refractivity contribution >= 4 is 5.97 Å². The Morgan fingerprint density at radius 3 is 2.94 bits per heavy atom. The van der Waals surface area contributed by atoms with Crippen molar-refractivity contribution in [1.29, 1.82) is 0 Å². The molecule has 5 heteroatoms. The predicted octanol–water partition coefficient (Wildman–Crippen LogP) is 1.80. The van der Waals surface area contributed by atoms with Gasteiger partial charge in [0.2, 0.25) is 0 Å². The largest absolute Gasteiger partial charge is 0.494 e. The fraction of sp³-hybridized carbons (Fsp3) is 0.462. The Labute approximate surface area is 107 Å². The standard InChI is InChI=1S/C13H19NO4/c1-2-16-13(15)7-4-8-17-12-6-3-5-11(9-12)10-18-14/h3,5-6,9H,2,4,7-8,10,14H2,1H3. The van der Waals surface area contributed by atoms with E-state index in [1.54, 1.807) is 6.92 Å². The maximum atomic E-state index is 11.1. The molecule has 18 heavy (non-hydrogen) atoms. The van der Waals surface area contributed by atoms with Crippen molar-refractivity contribution in [2.75, 3.05) is 13.2 Å². The highest BCUT2D eigenvalue weighted by molar-refractivity contribution is 5.69. The Hall–Kier alpha value is -1.59. The fourth-order valence-electron chi connectivity index (χ4n) is 1.46. The second-order valence-electron chi connectivity index (χ2n) is 3.72. The van der Waals surface area contributed by atoms with Crippen LogP contribution in [0.15, 0.2) is 24.3 Å². The van der Waals surface area contributed by atoms with Gasteiger partial charge in [-0.25, -0.2) is 5.90 Å². The normalized spacial score (nSPS) is 10.1. The lowest BCUT2D eigenvalue weighted by molar-refractivity contribution is -0.143. The van der Waals surface area contributed by atoms with Crippen molar-refractivity contribution in [3.05, 3.63) is 29.8 Å². The third-order valence-corrected chi connectivity index (χ3v) is 2.25. The van der Waals surface area contributed by atoms with E-state index in [2.05, 4.69) is 4.84 Å². The van der Waals surface area contributed by atoms with Gasteiger partial charge in [-0.3, -0.25) is 9.63 Å². The molecule has 0 radical (unpaired) electrons. The Morgan fingerprint density at radius 2 is 2.22 bits per heavy atom. The van der Waals surface area contributed by atoms with Gasteiger partial charge in [-0.05, 0) is 31.0 Å². The first-order chi connectivity index (χ1) is 8.76. The average Bonchev–Trinajstić information content (AvgIpc) is 2.36. The Morgan fingerprint density at radius 1 is 1.39 bits per heavy atom. The maximum absolute atomic E-state index is 11.1. The molecule has 0 heterocycles. The summed E-state index contributed by atoms with van der Waals surface area (Å²) in [5.41, 5.74) is 0.945. The lowest BCUT2D eigenvalue weighted by Gasteiger charge is -2.07. The Balaban J connectivity index is 2.26. The molecule has 0 aromatic heterocycles. The minimum absolute atomic E-state index is 0.189. The molecule has 100 valence electrons. The Kier molecular flexibility index (Phi) is 6.83. The number of hydrogen-bond acceptors (Lipinski definition) is 5. The second-order valence-corrected chi connectivity index (χ2v) is 3.72. The summed E-state index contributed by atoms with van der Waals surface area (Å²) in [5.74, 6) is 5.56. The average molecular weight is 253 g/mol. The van der Waals surface area contributed by atoms with Crippen molar-refractivity contribution < 1.29 is 19.1 Å². The number of carbonyl (C=O) groups is 1. The number of ether oxygens (including phenoxy) is 2. The van der Waals surface area contributed by atoms with Crippen molar-refractivity contribution in [2.24, 2.45) is 5.90 Å². The molecule has 0 aliphatic heterocycles. The van der Waals surface area contributed by atoms with Crippen LogP contribution in [-0.4, -0.2) is 19.2 Å². The summed E-state index contributed by atoms with van der Waals surface area (Å²) in [6, 6.07) is 7.48. The Bertz CT molecular complexity index is 368. The van der Waals surface area contributed by atoms with Gasteiger partial charge in [-0.1, -0.05) is 12.1 Å². The second kappa shape index (κ2) is 8.49. The van der Waals surface area contributed by atoms with Crippen LogP contribution >= 0.6 is 0 Å². The summed E-state index contributed by atoms with van der Waals surface area (Å²) in [6.07, 6.45) is 1.01. The van der Waals surface area contributed by atoms with Crippen LogP contribution in [0.5, 0.6) is 5.75 Å². The topological polar surface area (TPSA) is 70.8 Å². The summed E-state index contributed by atoms with van der Waals surface area (Å²) < 4.78 is 10.3. The molecule has 0 spiro atoms. The van der Waals surface area contributed by atoms with E-state index in [9.17, 15) is 4.79 Å². The number of hydrogen-bond donors (Lipinski definition) is 1. The predicted molar refractivity (Wildman–Crippen MR) is 66.8 cm³/mol. The summed E-state index contributed by atoms with van der Waals surface area (Å²) in [5, 5.41) is 0. The molecule has 2 N–H and O–H groups in total. The minimum Gasteiger partial charge on any atom is -0.494 e. The smallest absolute Gasteiger partial charge is 0.305 e. The fourth-order valence-corrected chi connectivity index (χ4v) is 1.46. The lowest BCUT2D eigenvalue weighted by atomic mass is 10.2. The van der Waals surface area contributed by atoms with Crippen molar-refractivity contribution in [2.45, 2.75) is 26.4 Å². The third-order valence-electron chi connectivity index (χ3n) is 2.25. The molecule has 0 amide bonds. The maximum Gasteiger partial charge on any atom is 0.305 e. The zero-order valence-electron chi connectivity index (χ0n) is 10.6. The van der Waals surface area contributed by atoms with E-state index in [1.165, 1.54) is 0 Å². The van der Waals surface area contributed by atoms with Gasteiger partial charge in [0.1, 0.15) is 5.75 Å². The van der Waals surface area contributed by atoms with E-state index in [0.717, 1.165) is 11.3 Å². The first kappa shape index (κ1) is 14.5. The zero-order chi connectivity index (χ0) is 13.2. The van der Waals surface area contributed by atoms with E-state index >= 15 is 0 Å². The molecule has 0 bridgehead atoms. The molecule has 0 aliphatic carbocycles. The highest BCUT2D eigenvalue weighted by atomic mass is 16.6. The van der Waals surface area contributed by atoms with Crippen molar-refractivity contribution in [3.63, 3.8) is 0 Å². The monoisotopic (exact) mass is 253 g/mol. The quantitative estimate of drug-likeness (QED) is 0.434. The van der Waals surface area contributed by atoms with Gasteiger partial charge in [0.05, 0.1) is 19.8 Å². The van der Waals surface area contributed by atoms with Gasteiger partial charge in [-0.15, -0.1) is 0 Å². The summed E-state index contributed by atoms with van der Waals surface area (Å²) in [4.78, 5) is 15.6. The van der Waals surface area contributed by atoms with Gasteiger partial charge in [0.15, 0.2) is 0 Å². The van der Waals surface area contributed by atoms with Crippen LogP contribution in [0, 0.1) is 0 Å². The number of nitrogens with two attached hydrogens (primary N) is 1. The summed E-state index contributed by atoms with van der Waals surface area (Å²) in [6.45, 7) is 3.03. The van der Waals surface area contributed by atoms with Crippen molar-refractivity contribution in [3.8, 4) is 5.75 Å². The highest BCUT2D eigenvalue weighted by Crippen LogP contribution is 2.14. The van der Waals surface area contributed by atoms with E-state index in [4.69, 9.17) is 15.4 Å². The number of esters is 1. The van der Waals surface area contributed by atoms with Crippen LogP contribution in [0.25, 0.3) is 0 Å². The third kappa shape index (κ3) is 5.65. The van der Waals surface area contributed by atoms with Crippen LogP contribution in [0.1, 0.15) is 25.3 Å². The molecule has 0 saturated heterocycles. The van der Waals surface area contributed by atoms with Gasteiger partial charge in [-0.2, -0.15) is 0 Å². The molecule has 0 aliphatic rings. The van der Waals surface area contributed by atoms with E-state index in [1.807, 2.05) is 24.3 Å². The first-order valence-electron chi connectivity index (χ1n) is 5.95. The van der Waals surface area contributed by atoms with Crippen LogP contribution in [0.2, 0.25) is 0 Å². The zero-order valence-corrected chi connectivity index (χ0v) is 10.6. The van der Waals surface area contributed by atoms with Crippen LogP contribution in [-0.2, 0) is 21.0 Å². The SMILES string of the molecule is CCOC(=O)CCCOc1cccc(CON)c1. The van der Waals surface area contributed by atoms with E-state index in [0.29, 0.717) is 32.7 Å². The van der Waals surface area contributed by atoms with Crippen LogP contribution in [0.4, 0.5) is 0 Å². The highest BCUT2D eigenvalue weighted by Gasteiger charge is 2.02. The molecule has 1 rings (SSSR count). The number of benzene rings is 1. The summed E-state index contributed by atoms with van der Waals surface area (Å²) in [7, 11) is 0. The number of rotatable bonds is 8. The molecular formula is C13H19NO4. The molecular weight excluding hydrogens is 234 g/mol. The molecule has 0 atom stereocenters. The van der Waals surface area contributed by atoms with Gasteiger partial charge in [0.25, 0.3) is 0 Å². The molecule has 5 nitrogen and oxygen atoms in total. The van der Waals surface area contributed by atoms with Crippen LogP contribution < -0.4 is 10.6 Å². The molecule has 0 unspecified atom stereocenters. The molecule has 1 aromatic rings. The van der Waals surface area contributed by atoms with Gasteiger partial charge < -0.3 is 9.47 Å². The van der Waals surface area contributed by atoms with Crippen LogP contribution in [0.3, 0.4) is 0 Å². The minimum atomic E-state index is -0.189. The van der Waals surface area contributed by atoms with E-state index in [-0.39, 0.29) is 5.97 Å². The summed E-state index contributed by atoms with van der Waals surface area (Å²) >= 11 is 0. The molecule has 0 saturated carbocycles. The van der Waals surface area contributed by atoms with Crippen molar-refractivity contribution in [1.82, 2.24) is 0 Å². The van der Waals surface area contributed by atoms with Gasteiger partial charge >= 0.3 is 5.97 Å². The number of carbonyl (C=O) groups excluding carboxylic acids is 1. The lowest BCUT2D eigenvalue weighted by Crippen LogP contribution is -2.07. The molecule has 0 fully saturated rings. The van der Waals surface area contributed by atoms with E-state index < -0.39 is 0 Å². The molecule has 1 aromatic carbocycles. The first-order valence-corrected chi connectivity index (χ1v) is 5.95. The van der Waals surface area contributed by atoms with Gasteiger partial charge in [0, 0.05) is 6.42 Å².